The molecule has 0 saturated carbocycles. The predicted octanol–water partition coefficient (Wildman–Crippen LogP) is 2.80. The van der Waals surface area contributed by atoms with Gasteiger partial charge in [-0.3, -0.25) is 4.99 Å². The van der Waals surface area contributed by atoms with E-state index in [1.807, 2.05) is 18.2 Å². The lowest BCUT2D eigenvalue weighted by molar-refractivity contribution is 0.0992. The van der Waals surface area contributed by atoms with Crippen molar-refractivity contribution < 1.29 is 4.74 Å². The fraction of sp³-hybridized carbons (Fsp3) is 0.444. The highest BCUT2D eigenvalue weighted by molar-refractivity contribution is 7.13. The van der Waals surface area contributed by atoms with Gasteiger partial charge in [0.1, 0.15) is 5.01 Å². The molecule has 126 valence electrons. The molecule has 2 N–H and O–H groups in total. The van der Waals surface area contributed by atoms with E-state index in [9.17, 15) is 0 Å². The Morgan fingerprint density at radius 2 is 2.21 bits per heavy atom. The monoisotopic (exact) mass is 342 g/mol. The van der Waals surface area contributed by atoms with E-state index < -0.39 is 0 Å². The fourth-order valence-corrected chi connectivity index (χ4v) is 4.26. The molecule has 2 aliphatic rings. The van der Waals surface area contributed by atoms with E-state index in [1.54, 1.807) is 18.4 Å². The van der Waals surface area contributed by atoms with Crippen molar-refractivity contribution in [3.05, 3.63) is 41.4 Å². The smallest absolute Gasteiger partial charge is 0.191 e. The van der Waals surface area contributed by atoms with Crippen molar-refractivity contribution >= 4 is 17.3 Å². The molecule has 0 amide bonds. The van der Waals surface area contributed by atoms with Gasteiger partial charge >= 0.3 is 0 Å². The maximum atomic E-state index is 5.89. The molecule has 5 nitrogen and oxygen atoms in total. The molecule has 2 aliphatic heterocycles. The van der Waals surface area contributed by atoms with E-state index >= 15 is 0 Å². The van der Waals surface area contributed by atoms with Crippen LogP contribution in [0.3, 0.4) is 0 Å². The number of hydrogen-bond acceptors (Lipinski definition) is 4. The summed E-state index contributed by atoms with van der Waals surface area (Å²) < 4.78 is 5.89. The number of nitrogens with zero attached hydrogens (tertiary/aromatic N) is 2. The number of ether oxygens (including phenoxy) is 1. The Kier molecular flexibility index (Phi) is 4.49. The third-order valence-electron chi connectivity index (χ3n) is 4.66. The number of nitrogens with one attached hydrogen (secondary N) is 2. The van der Waals surface area contributed by atoms with Gasteiger partial charge in [0.05, 0.1) is 30.5 Å². The summed E-state index contributed by atoms with van der Waals surface area (Å²) in [5.74, 6) is 0.824. The van der Waals surface area contributed by atoms with Crippen molar-refractivity contribution in [1.29, 1.82) is 0 Å². The van der Waals surface area contributed by atoms with Crippen LogP contribution in [-0.4, -0.2) is 36.2 Å². The molecule has 6 heteroatoms. The van der Waals surface area contributed by atoms with Crippen molar-refractivity contribution in [1.82, 2.24) is 15.6 Å². The lowest BCUT2D eigenvalue weighted by Gasteiger charge is -2.22. The maximum Gasteiger partial charge on any atom is 0.191 e. The van der Waals surface area contributed by atoms with Gasteiger partial charge in [-0.2, -0.15) is 0 Å². The largest absolute Gasteiger partial charge is 0.373 e. The molecule has 2 bridgehead atoms. The molecular weight excluding hydrogens is 320 g/mol. The molecule has 3 heterocycles. The van der Waals surface area contributed by atoms with Crippen LogP contribution in [0.2, 0.25) is 0 Å². The fourth-order valence-electron chi connectivity index (χ4n) is 3.44. The summed E-state index contributed by atoms with van der Waals surface area (Å²) in [6.07, 6.45) is 4.23. The van der Waals surface area contributed by atoms with Crippen molar-refractivity contribution in [3.63, 3.8) is 0 Å². The second kappa shape index (κ2) is 6.91. The molecule has 4 rings (SSSR count). The molecule has 1 aromatic carbocycles. The van der Waals surface area contributed by atoms with Gasteiger partial charge in [0.25, 0.3) is 0 Å². The van der Waals surface area contributed by atoms with Crippen LogP contribution in [0.5, 0.6) is 0 Å². The minimum absolute atomic E-state index is 0.345. The van der Waals surface area contributed by atoms with Crippen LogP contribution in [0.25, 0.3) is 10.6 Å². The first-order valence-corrected chi connectivity index (χ1v) is 9.32. The first-order chi connectivity index (χ1) is 11.8. The van der Waals surface area contributed by atoms with Crippen molar-refractivity contribution in [2.24, 2.45) is 4.99 Å². The molecule has 3 atom stereocenters. The number of rotatable bonds is 4. The molecule has 1 aromatic heterocycles. The summed E-state index contributed by atoms with van der Waals surface area (Å²) >= 11 is 1.67. The summed E-state index contributed by atoms with van der Waals surface area (Å²) in [6, 6.07) is 10.7. The number of aliphatic imine (C=N–C) groups is 1. The van der Waals surface area contributed by atoms with Gasteiger partial charge in [0.15, 0.2) is 5.96 Å². The van der Waals surface area contributed by atoms with Crippen LogP contribution < -0.4 is 10.6 Å². The minimum Gasteiger partial charge on any atom is -0.373 e. The summed E-state index contributed by atoms with van der Waals surface area (Å²) in [5, 5.41) is 10.0. The van der Waals surface area contributed by atoms with E-state index in [0.29, 0.717) is 24.8 Å². The van der Waals surface area contributed by atoms with Crippen LogP contribution in [0.1, 0.15) is 25.0 Å². The molecule has 0 aliphatic carbocycles. The first-order valence-electron chi connectivity index (χ1n) is 8.44. The number of fused-ring (bicyclic) bond motifs is 2. The summed E-state index contributed by atoms with van der Waals surface area (Å²) in [5.41, 5.74) is 2.20. The lowest BCUT2D eigenvalue weighted by Crippen LogP contribution is -2.47. The second-order valence-electron chi connectivity index (χ2n) is 6.30. The van der Waals surface area contributed by atoms with Crippen LogP contribution in [0.4, 0.5) is 0 Å². The average molecular weight is 342 g/mol. The van der Waals surface area contributed by atoms with E-state index in [0.717, 1.165) is 35.1 Å². The van der Waals surface area contributed by atoms with Gasteiger partial charge in [-0.25, -0.2) is 4.98 Å². The minimum atomic E-state index is 0.345. The van der Waals surface area contributed by atoms with E-state index in [2.05, 4.69) is 33.1 Å². The number of thiazole rings is 1. The molecule has 3 unspecified atom stereocenters. The molecule has 0 spiro atoms. The normalized spacial score (nSPS) is 25.9. The molecule has 2 saturated heterocycles. The third-order valence-corrected chi connectivity index (χ3v) is 5.60. The van der Waals surface area contributed by atoms with Crippen molar-refractivity contribution in [2.45, 2.75) is 44.1 Å². The number of benzene rings is 1. The summed E-state index contributed by atoms with van der Waals surface area (Å²) in [7, 11) is 1.81. The van der Waals surface area contributed by atoms with Crippen LogP contribution >= 0.6 is 11.3 Å². The lowest BCUT2D eigenvalue weighted by atomic mass is 9.96. The van der Waals surface area contributed by atoms with Gasteiger partial charge in [0, 0.05) is 18.0 Å². The first kappa shape index (κ1) is 15.6. The van der Waals surface area contributed by atoms with E-state index in [4.69, 9.17) is 9.72 Å². The van der Waals surface area contributed by atoms with Crippen molar-refractivity contribution in [3.8, 4) is 10.6 Å². The zero-order valence-corrected chi connectivity index (χ0v) is 14.6. The Labute approximate surface area is 146 Å². The zero-order valence-electron chi connectivity index (χ0n) is 13.7. The summed E-state index contributed by atoms with van der Waals surface area (Å²) in [6.45, 7) is 0.671. The number of guanidine groups is 1. The average Bonchev–Trinajstić information content (AvgIpc) is 3.36. The van der Waals surface area contributed by atoms with Gasteiger partial charge in [-0.1, -0.05) is 30.3 Å². The Balaban J connectivity index is 1.33. The SMILES string of the molecule is CN=C(NCc1csc(-c2ccccc2)n1)NC1CC2CCC1O2. The van der Waals surface area contributed by atoms with E-state index in [1.165, 1.54) is 6.42 Å². The van der Waals surface area contributed by atoms with Crippen LogP contribution in [0, 0.1) is 0 Å². The van der Waals surface area contributed by atoms with Crippen LogP contribution in [-0.2, 0) is 11.3 Å². The highest BCUT2D eigenvalue weighted by Gasteiger charge is 2.41. The van der Waals surface area contributed by atoms with Crippen LogP contribution in [0.15, 0.2) is 40.7 Å². The summed E-state index contributed by atoms with van der Waals surface area (Å²) in [4.78, 5) is 9.03. The topological polar surface area (TPSA) is 58.5 Å². The molecule has 2 aromatic rings. The third kappa shape index (κ3) is 3.30. The Hall–Kier alpha value is -1.92. The van der Waals surface area contributed by atoms with Gasteiger partial charge < -0.3 is 15.4 Å². The number of hydrogen-bond donors (Lipinski definition) is 2. The molecule has 2 fully saturated rings. The van der Waals surface area contributed by atoms with Crippen molar-refractivity contribution in [2.75, 3.05) is 7.05 Å². The van der Waals surface area contributed by atoms with E-state index in [-0.39, 0.29) is 0 Å². The Morgan fingerprint density at radius 1 is 1.33 bits per heavy atom. The Morgan fingerprint density at radius 3 is 2.92 bits per heavy atom. The maximum absolute atomic E-state index is 5.89. The van der Waals surface area contributed by atoms with Gasteiger partial charge in [-0.15, -0.1) is 11.3 Å². The molecule has 24 heavy (non-hydrogen) atoms. The van der Waals surface area contributed by atoms with Gasteiger partial charge in [-0.05, 0) is 19.3 Å². The predicted molar refractivity (Wildman–Crippen MR) is 97.2 cm³/mol. The zero-order chi connectivity index (χ0) is 16.4. The standard InChI is InChI=1S/C18H22N4OS/c1-19-18(22-15-9-14-7-8-16(15)23-14)20-10-13-11-24-17(21-13)12-5-3-2-4-6-12/h2-6,11,14-16H,7-10H2,1H3,(H2,19,20,22). The molecular formula is C18H22N4OS. The second-order valence-corrected chi connectivity index (χ2v) is 7.15. The van der Waals surface area contributed by atoms with Gasteiger partial charge in [0.2, 0.25) is 0 Å². The Bertz CT molecular complexity index is 715. The molecule has 0 radical (unpaired) electrons. The number of aromatic nitrogens is 1. The quantitative estimate of drug-likeness (QED) is 0.663. The highest BCUT2D eigenvalue weighted by Crippen LogP contribution is 2.34. The highest BCUT2D eigenvalue weighted by atomic mass is 32.1.